The van der Waals surface area contributed by atoms with Crippen LogP contribution in [-0.2, 0) is 19.3 Å². The zero-order valence-electron chi connectivity index (χ0n) is 13.3. The van der Waals surface area contributed by atoms with Crippen molar-refractivity contribution in [1.82, 2.24) is 20.3 Å². The Labute approximate surface area is 144 Å². The molecule has 4 heterocycles. The highest BCUT2D eigenvalue weighted by atomic mass is 32.1. The summed E-state index contributed by atoms with van der Waals surface area (Å²) in [6, 6.07) is 3.76. The van der Waals surface area contributed by atoms with Gasteiger partial charge in [0.15, 0.2) is 11.6 Å². The van der Waals surface area contributed by atoms with E-state index in [4.69, 9.17) is 14.4 Å². The molecule has 0 aromatic carbocycles. The average Bonchev–Trinajstić information content (AvgIpc) is 3.25. The van der Waals surface area contributed by atoms with E-state index in [2.05, 4.69) is 15.6 Å². The van der Waals surface area contributed by atoms with Crippen LogP contribution in [0.4, 0.5) is 5.82 Å². The van der Waals surface area contributed by atoms with Crippen LogP contribution in [0.5, 0.6) is 0 Å². The van der Waals surface area contributed by atoms with Gasteiger partial charge in [-0.1, -0.05) is 0 Å². The Morgan fingerprint density at radius 2 is 2.21 bits per heavy atom. The maximum atomic E-state index is 5.48. The molecule has 0 spiro atoms. The Balaban J connectivity index is 1.61. The highest BCUT2D eigenvalue weighted by Gasteiger charge is 2.18. The van der Waals surface area contributed by atoms with Gasteiger partial charge in [0.25, 0.3) is 0 Å². The van der Waals surface area contributed by atoms with E-state index in [9.17, 15) is 0 Å². The van der Waals surface area contributed by atoms with Gasteiger partial charge in [-0.25, -0.2) is 15.0 Å². The lowest BCUT2D eigenvalue weighted by molar-refractivity contribution is 0.576. The van der Waals surface area contributed by atoms with Gasteiger partial charge in [0.1, 0.15) is 5.82 Å². The van der Waals surface area contributed by atoms with E-state index >= 15 is 0 Å². The maximum Gasteiger partial charge on any atom is 0.197 e. The zero-order chi connectivity index (χ0) is 16.2. The molecule has 0 aliphatic carbocycles. The monoisotopic (exact) mass is 341 g/mol. The fraction of sp³-hybridized carbons (Fsp3) is 0.353. The van der Waals surface area contributed by atoms with Crippen molar-refractivity contribution in [3.8, 4) is 11.6 Å². The minimum atomic E-state index is 0.650. The second-order valence-electron chi connectivity index (χ2n) is 5.65. The molecule has 3 aromatic heterocycles. The Morgan fingerprint density at radius 3 is 3.04 bits per heavy atom. The smallest absolute Gasteiger partial charge is 0.197 e. The summed E-state index contributed by atoms with van der Waals surface area (Å²) in [6.07, 6.45) is 6.24. The highest BCUT2D eigenvalue weighted by molar-refractivity contribution is 7.09. The van der Waals surface area contributed by atoms with E-state index in [1.54, 1.807) is 17.6 Å². The minimum absolute atomic E-state index is 0.650. The van der Waals surface area contributed by atoms with Gasteiger partial charge in [-0.15, -0.1) is 11.3 Å². The predicted octanol–water partition coefficient (Wildman–Crippen LogP) is 2.54. The Hall–Kier alpha value is -2.25. The summed E-state index contributed by atoms with van der Waals surface area (Å²) in [5, 5.41) is 10.1. The van der Waals surface area contributed by atoms with Crippen molar-refractivity contribution in [2.75, 3.05) is 25.0 Å². The van der Waals surface area contributed by atoms with Crippen LogP contribution in [0.15, 0.2) is 34.4 Å². The fourth-order valence-electron chi connectivity index (χ4n) is 2.87. The normalized spacial score (nSPS) is 14.2. The van der Waals surface area contributed by atoms with Gasteiger partial charge in [-0.3, -0.25) is 0 Å². The standard InChI is InChI=1S/C17H19N5OS/c1-2-14(23-10-1)17-21-13-4-7-18-6-3-12(13)16(22-17)20-8-5-15-19-9-11-24-15/h1-2,9-11,18H,3-8H2,(H,20,21,22). The number of furan rings is 1. The van der Waals surface area contributed by atoms with Crippen LogP contribution in [0, 0.1) is 0 Å². The van der Waals surface area contributed by atoms with E-state index in [1.807, 2.05) is 23.7 Å². The van der Waals surface area contributed by atoms with Crippen LogP contribution < -0.4 is 10.6 Å². The number of hydrogen-bond acceptors (Lipinski definition) is 7. The average molecular weight is 341 g/mol. The number of rotatable bonds is 5. The number of thiazole rings is 1. The van der Waals surface area contributed by atoms with Crippen molar-refractivity contribution in [2.45, 2.75) is 19.3 Å². The first-order valence-corrected chi connectivity index (χ1v) is 9.05. The molecule has 124 valence electrons. The van der Waals surface area contributed by atoms with E-state index in [0.29, 0.717) is 11.6 Å². The molecular formula is C17H19N5OS. The van der Waals surface area contributed by atoms with Crippen molar-refractivity contribution in [3.05, 3.63) is 46.2 Å². The molecule has 3 aromatic rings. The van der Waals surface area contributed by atoms with Gasteiger partial charge >= 0.3 is 0 Å². The molecule has 2 N–H and O–H groups in total. The van der Waals surface area contributed by atoms with Gasteiger partial charge < -0.3 is 15.1 Å². The summed E-state index contributed by atoms with van der Waals surface area (Å²) in [5.41, 5.74) is 2.33. The molecule has 4 rings (SSSR count). The highest BCUT2D eigenvalue weighted by Crippen LogP contribution is 2.24. The topological polar surface area (TPSA) is 75.9 Å². The molecule has 1 aliphatic rings. The minimum Gasteiger partial charge on any atom is -0.461 e. The molecule has 0 atom stereocenters. The van der Waals surface area contributed by atoms with Gasteiger partial charge in [-0.05, 0) is 25.1 Å². The molecule has 0 unspecified atom stereocenters. The van der Waals surface area contributed by atoms with Gasteiger partial charge in [0.2, 0.25) is 0 Å². The van der Waals surface area contributed by atoms with E-state index in [-0.39, 0.29) is 0 Å². The van der Waals surface area contributed by atoms with Crippen molar-refractivity contribution in [1.29, 1.82) is 0 Å². The van der Waals surface area contributed by atoms with E-state index in [1.165, 1.54) is 5.56 Å². The summed E-state index contributed by atoms with van der Waals surface area (Å²) < 4.78 is 5.48. The van der Waals surface area contributed by atoms with Crippen LogP contribution in [0.25, 0.3) is 11.6 Å². The van der Waals surface area contributed by atoms with Gasteiger partial charge in [0, 0.05) is 43.1 Å². The van der Waals surface area contributed by atoms with E-state index < -0.39 is 0 Å². The molecule has 0 radical (unpaired) electrons. The fourth-order valence-corrected chi connectivity index (χ4v) is 3.49. The molecule has 1 aliphatic heterocycles. The van der Waals surface area contributed by atoms with Crippen LogP contribution in [0.1, 0.15) is 16.3 Å². The lowest BCUT2D eigenvalue weighted by Crippen LogP contribution is -2.16. The second-order valence-corrected chi connectivity index (χ2v) is 6.63. The van der Waals surface area contributed by atoms with Crippen molar-refractivity contribution < 1.29 is 4.42 Å². The Bertz CT molecular complexity index is 786. The second kappa shape index (κ2) is 7.11. The number of aromatic nitrogens is 3. The summed E-state index contributed by atoms with van der Waals surface area (Å²) in [6.45, 7) is 2.71. The van der Waals surface area contributed by atoms with Gasteiger partial charge in [-0.2, -0.15) is 0 Å². The molecule has 0 saturated carbocycles. The van der Waals surface area contributed by atoms with Crippen molar-refractivity contribution in [3.63, 3.8) is 0 Å². The van der Waals surface area contributed by atoms with Crippen molar-refractivity contribution in [2.24, 2.45) is 0 Å². The first-order valence-electron chi connectivity index (χ1n) is 8.17. The summed E-state index contributed by atoms with van der Waals surface area (Å²) in [5.74, 6) is 2.28. The number of anilines is 1. The third-order valence-electron chi connectivity index (χ3n) is 4.04. The molecule has 24 heavy (non-hydrogen) atoms. The number of nitrogens with one attached hydrogen (secondary N) is 2. The lowest BCUT2D eigenvalue weighted by Gasteiger charge is -2.13. The Morgan fingerprint density at radius 1 is 1.25 bits per heavy atom. The first-order chi connectivity index (χ1) is 11.9. The number of nitrogens with zero attached hydrogens (tertiary/aromatic N) is 3. The van der Waals surface area contributed by atoms with Gasteiger partial charge in [0.05, 0.1) is 17.0 Å². The first kappa shape index (κ1) is 15.3. The number of fused-ring (bicyclic) bond motifs is 1. The third-order valence-corrected chi connectivity index (χ3v) is 4.88. The quantitative estimate of drug-likeness (QED) is 0.743. The third kappa shape index (κ3) is 3.32. The molecule has 7 heteroatoms. The summed E-state index contributed by atoms with van der Waals surface area (Å²) >= 11 is 1.68. The molecule has 6 nitrogen and oxygen atoms in total. The largest absolute Gasteiger partial charge is 0.461 e. The molecule has 0 amide bonds. The summed E-state index contributed by atoms with van der Waals surface area (Å²) in [4.78, 5) is 13.8. The molecule has 0 bridgehead atoms. The Kier molecular flexibility index (Phi) is 4.53. The van der Waals surface area contributed by atoms with Crippen LogP contribution in [0.2, 0.25) is 0 Å². The lowest BCUT2D eigenvalue weighted by atomic mass is 10.1. The van der Waals surface area contributed by atoms with Crippen molar-refractivity contribution >= 4 is 17.2 Å². The molecule has 0 saturated heterocycles. The molecule has 0 fully saturated rings. The number of hydrogen-bond donors (Lipinski definition) is 2. The van der Waals surface area contributed by atoms with Crippen LogP contribution >= 0.6 is 11.3 Å². The predicted molar refractivity (Wildman–Crippen MR) is 94.3 cm³/mol. The zero-order valence-corrected chi connectivity index (χ0v) is 14.1. The SMILES string of the molecule is c1coc(-c2nc3c(c(NCCc4nccs4)n2)CCNCC3)c1. The molecular weight excluding hydrogens is 322 g/mol. The van der Waals surface area contributed by atoms with Crippen LogP contribution in [0.3, 0.4) is 0 Å². The maximum absolute atomic E-state index is 5.48. The van der Waals surface area contributed by atoms with E-state index in [0.717, 1.165) is 55.4 Å². The summed E-state index contributed by atoms with van der Waals surface area (Å²) in [7, 11) is 0. The van der Waals surface area contributed by atoms with Crippen LogP contribution in [-0.4, -0.2) is 34.6 Å².